The number of hydrogen-bond donors (Lipinski definition) is 0. The number of likely N-dealkylation sites (tertiary alicyclic amines) is 1. The van der Waals surface area contributed by atoms with Gasteiger partial charge in [-0.25, -0.2) is 8.78 Å². The largest absolute Gasteiger partial charge is 0.335 e. The van der Waals surface area contributed by atoms with Crippen molar-refractivity contribution in [3.63, 3.8) is 0 Å². The highest BCUT2D eigenvalue weighted by atomic mass is 19.1. The zero-order valence-corrected chi connectivity index (χ0v) is 11.5. The van der Waals surface area contributed by atoms with E-state index >= 15 is 0 Å². The first-order valence-electron chi connectivity index (χ1n) is 6.48. The van der Waals surface area contributed by atoms with Crippen LogP contribution in [0.2, 0.25) is 0 Å². The predicted molar refractivity (Wildman–Crippen MR) is 70.1 cm³/mol. The Labute approximate surface area is 112 Å². The Balaban J connectivity index is 2.12. The highest BCUT2D eigenvalue weighted by molar-refractivity contribution is 5.94. The second-order valence-corrected chi connectivity index (χ2v) is 6.21. The Morgan fingerprint density at radius 2 is 1.79 bits per heavy atom. The fraction of sp³-hybridized carbons (Fsp3) is 0.533. The van der Waals surface area contributed by atoms with Gasteiger partial charge in [-0.15, -0.1) is 0 Å². The maximum Gasteiger partial charge on any atom is 0.253 e. The van der Waals surface area contributed by atoms with E-state index < -0.39 is 6.17 Å². The molecular weight excluding hydrogens is 248 g/mol. The molecule has 2 nitrogen and oxygen atoms in total. The third-order valence-corrected chi connectivity index (χ3v) is 3.74. The number of benzene rings is 1. The average Bonchev–Trinajstić information content (AvgIpc) is 2.71. The van der Waals surface area contributed by atoms with Crippen LogP contribution in [0.1, 0.15) is 31.1 Å². The summed E-state index contributed by atoms with van der Waals surface area (Å²) in [5.74, 6) is -0.764. The van der Waals surface area contributed by atoms with Crippen LogP contribution in [0.25, 0.3) is 0 Å². The Hall–Kier alpha value is -1.45. The van der Waals surface area contributed by atoms with Crippen LogP contribution >= 0.6 is 0 Å². The van der Waals surface area contributed by atoms with Crippen LogP contribution in [0.3, 0.4) is 0 Å². The first-order chi connectivity index (χ1) is 8.79. The highest BCUT2D eigenvalue weighted by Gasteiger charge is 2.41. The van der Waals surface area contributed by atoms with Crippen molar-refractivity contribution in [1.29, 1.82) is 0 Å². The molecule has 0 unspecified atom stereocenters. The van der Waals surface area contributed by atoms with Crippen molar-refractivity contribution in [2.75, 3.05) is 13.1 Å². The van der Waals surface area contributed by atoms with Gasteiger partial charge in [0.05, 0.1) is 6.54 Å². The molecule has 0 N–H and O–H groups in total. The van der Waals surface area contributed by atoms with Crippen molar-refractivity contribution in [2.24, 2.45) is 11.3 Å². The highest BCUT2D eigenvalue weighted by Crippen LogP contribution is 2.36. The molecule has 0 aromatic heterocycles. The van der Waals surface area contributed by atoms with Gasteiger partial charge in [0.2, 0.25) is 0 Å². The quantitative estimate of drug-likeness (QED) is 0.764. The van der Waals surface area contributed by atoms with E-state index in [-0.39, 0.29) is 29.6 Å². The fourth-order valence-electron chi connectivity index (χ4n) is 2.52. The molecular formula is C15H19F2NO. The van der Waals surface area contributed by atoms with Crippen molar-refractivity contribution < 1.29 is 13.6 Å². The number of carbonyl (C=O) groups excluding carboxylic acids is 1. The van der Waals surface area contributed by atoms with Crippen molar-refractivity contribution in [2.45, 2.75) is 26.9 Å². The lowest BCUT2D eigenvalue weighted by molar-refractivity contribution is 0.0775. The number of halogens is 2. The Morgan fingerprint density at radius 3 is 2.26 bits per heavy atom. The predicted octanol–water partition coefficient (Wildman–Crippen LogP) is 3.28. The van der Waals surface area contributed by atoms with Gasteiger partial charge in [-0.05, 0) is 29.7 Å². The van der Waals surface area contributed by atoms with Crippen molar-refractivity contribution in [1.82, 2.24) is 4.90 Å². The molecule has 1 fully saturated rings. The lowest BCUT2D eigenvalue weighted by atomic mass is 9.79. The minimum atomic E-state index is -0.996. The van der Waals surface area contributed by atoms with E-state index in [1.54, 1.807) is 0 Å². The summed E-state index contributed by atoms with van der Waals surface area (Å²) in [6, 6.07) is 5.37. The monoisotopic (exact) mass is 267 g/mol. The third-order valence-electron chi connectivity index (χ3n) is 3.74. The minimum absolute atomic E-state index is 0.123. The molecule has 2 atom stereocenters. The zero-order chi connectivity index (χ0) is 14.2. The number of amides is 1. The summed E-state index contributed by atoms with van der Waals surface area (Å²) >= 11 is 0. The molecule has 0 radical (unpaired) electrons. The van der Waals surface area contributed by atoms with Gasteiger partial charge in [0.25, 0.3) is 5.91 Å². The normalized spacial score (nSPS) is 23.7. The van der Waals surface area contributed by atoms with Crippen LogP contribution in [0.4, 0.5) is 8.78 Å². The lowest BCUT2D eigenvalue weighted by Gasteiger charge is -2.28. The molecule has 1 amide bonds. The van der Waals surface area contributed by atoms with Gasteiger partial charge < -0.3 is 4.90 Å². The number of nitrogens with zero attached hydrogens (tertiary/aromatic N) is 1. The van der Waals surface area contributed by atoms with Crippen molar-refractivity contribution in [3.8, 4) is 0 Å². The van der Waals surface area contributed by atoms with Gasteiger partial charge in [-0.1, -0.05) is 20.8 Å². The number of hydrogen-bond acceptors (Lipinski definition) is 1. The fourth-order valence-corrected chi connectivity index (χ4v) is 2.52. The summed E-state index contributed by atoms with van der Waals surface area (Å²) in [4.78, 5) is 13.7. The average molecular weight is 267 g/mol. The van der Waals surface area contributed by atoms with Gasteiger partial charge in [0, 0.05) is 18.0 Å². The van der Waals surface area contributed by atoms with Crippen LogP contribution in [0.5, 0.6) is 0 Å². The van der Waals surface area contributed by atoms with E-state index in [4.69, 9.17) is 0 Å². The Morgan fingerprint density at radius 1 is 1.21 bits per heavy atom. The molecule has 1 aliphatic rings. The molecule has 4 heteroatoms. The van der Waals surface area contributed by atoms with E-state index in [0.29, 0.717) is 12.1 Å². The summed E-state index contributed by atoms with van der Waals surface area (Å²) in [7, 11) is 0. The lowest BCUT2D eigenvalue weighted by Crippen LogP contribution is -2.31. The number of carbonyl (C=O) groups is 1. The van der Waals surface area contributed by atoms with Gasteiger partial charge in [0.15, 0.2) is 0 Å². The standard InChI is InChI=1S/C15H19F2NO/c1-15(2,3)12-8-18(9-13(12)17)14(19)10-4-6-11(16)7-5-10/h4-7,12-13H,8-9H2,1-3H3/t12-,13+/m1/s1. The van der Waals surface area contributed by atoms with E-state index in [1.807, 2.05) is 20.8 Å². The molecule has 1 heterocycles. The van der Waals surface area contributed by atoms with E-state index in [2.05, 4.69) is 0 Å². The smallest absolute Gasteiger partial charge is 0.253 e. The van der Waals surface area contributed by atoms with E-state index in [0.717, 1.165) is 0 Å². The van der Waals surface area contributed by atoms with Crippen molar-refractivity contribution in [3.05, 3.63) is 35.6 Å². The molecule has 2 rings (SSSR count). The molecule has 19 heavy (non-hydrogen) atoms. The maximum atomic E-state index is 14.0. The van der Waals surface area contributed by atoms with E-state index in [1.165, 1.54) is 29.2 Å². The molecule has 0 spiro atoms. The molecule has 0 bridgehead atoms. The minimum Gasteiger partial charge on any atom is -0.335 e. The second-order valence-electron chi connectivity index (χ2n) is 6.21. The Bertz CT molecular complexity index is 464. The zero-order valence-electron chi connectivity index (χ0n) is 11.5. The summed E-state index contributed by atoms with van der Waals surface area (Å²) in [5.41, 5.74) is 0.236. The van der Waals surface area contributed by atoms with Crippen LogP contribution in [-0.4, -0.2) is 30.1 Å². The van der Waals surface area contributed by atoms with Gasteiger partial charge in [0.1, 0.15) is 12.0 Å². The number of alkyl halides is 1. The second kappa shape index (κ2) is 4.91. The van der Waals surface area contributed by atoms with Gasteiger partial charge >= 0.3 is 0 Å². The first kappa shape index (κ1) is 14.0. The third kappa shape index (κ3) is 2.94. The van der Waals surface area contributed by atoms with Crippen LogP contribution in [0, 0.1) is 17.2 Å². The first-order valence-corrected chi connectivity index (χ1v) is 6.48. The van der Waals surface area contributed by atoms with Gasteiger partial charge in [-0.2, -0.15) is 0 Å². The SMILES string of the molecule is CC(C)(C)[C@@H]1CN(C(=O)c2ccc(F)cc2)C[C@@H]1F. The summed E-state index contributed by atoms with van der Waals surface area (Å²) in [6.07, 6.45) is -0.996. The van der Waals surface area contributed by atoms with Crippen LogP contribution < -0.4 is 0 Å². The molecule has 1 aromatic rings. The van der Waals surface area contributed by atoms with Crippen molar-refractivity contribution >= 4 is 5.91 Å². The maximum absolute atomic E-state index is 14.0. The molecule has 1 saturated heterocycles. The van der Waals surface area contributed by atoms with E-state index in [9.17, 15) is 13.6 Å². The van der Waals surface area contributed by atoms with Crippen LogP contribution in [-0.2, 0) is 0 Å². The summed E-state index contributed by atoms with van der Waals surface area (Å²) in [5, 5.41) is 0. The topological polar surface area (TPSA) is 20.3 Å². The molecule has 0 saturated carbocycles. The molecule has 0 aliphatic carbocycles. The molecule has 104 valence electrons. The summed E-state index contributed by atoms with van der Waals surface area (Å²) < 4.78 is 26.8. The Kier molecular flexibility index (Phi) is 3.61. The van der Waals surface area contributed by atoms with Crippen LogP contribution in [0.15, 0.2) is 24.3 Å². The molecule has 1 aromatic carbocycles. The summed E-state index contributed by atoms with van der Waals surface area (Å²) in [6.45, 7) is 6.49. The molecule has 1 aliphatic heterocycles. The van der Waals surface area contributed by atoms with Gasteiger partial charge in [-0.3, -0.25) is 4.79 Å². The number of rotatable bonds is 1.